The Morgan fingerprint density at radius 1 is 1.50 bits per heavy atom. The Bertz CT molecular complexity index is 471. The van der Waals surface area contributed by atoms with Crippen LogP contribution in [0, 0.1) is 5.41 Å². The molecular formula is C14H19ClN2O. The van der Waals surface area contributed by atoms with E-state index in [1.54, 1.807) is 18.2 Å². The van der Waals surface area contributed by atoms with E-state index >= 15 is 0 Å². The first-order valence-electron chi connectivity index (χ1n) is 6.26. The first-order chi connectivity index (χ1) is 8.40. The second-order valence-corrected chi connectivity index (χ2v) is 6.05. The van der Waals surface area contributed by atoms with Crippen molar-refractivity contribution in [2.24, 2.45) is 5.41 Å². The minimum absolute atomic E-state index is 0.0710. The van der Waals surface area contributed by atoms with Crippen molar-refractivity contribution in [3.8, 4) is 0 Å². The van der Waals surface area contributed by atoms with Gasteiger partial charge in [0.15, 0.2) is 0 Å². The van der Waals surface area contributed by atoms with Gasteiger partial charge in [-0.1, -0.05) is 31.9 Å². The molecule has 1 aromatic carbocycles. The van der Waals surface area contributed by atoms with Crippen molar-refractivity contribution >= 4 is 23.2 Å². The normalized spacial score (nSPS) is 21.8. The van der Waals surface area contributed by atoms with E-state index in [0.717, 1.165) is 12.8 Å². The van der Waals surface area contributed by atoms with Crippen LogP contribution in [0.1, 0.15) is 43.5 Å². The van der Waals surface area contributed by atoms with Gasteiger partial charge in [-0.05, 0) is 36.5 Å². The molecule has 2 rings (SSSR count). The van der Waals surface area contributed by atoms with Crippen LogP contribution in [0.25, 0.3) is 0 Å². The number of carbonyl (C=O) groups is 1. The molecular weight excluding hydrogens is 248 g/mol. The van der Waals surface area contributed by atoms with Crippen LogP contribution in [0.4, 0.5) is 5.69 Å². The molecule has 1 aromatic rings. The predicted octanol–water partition coefficient (Wildman–Crippen LogP) is 3.23. The van der Waals surface area contributed by atoms with Gasteiger partial charge < -0.3 is 11.1 Å². The van der Waals surface area contributed by atoms with Crippen LogP contribution < -0.4 is 11.1 Å². The number of hydrogen-bond acceptors (Lipinski definition) is 2. The third-order valence-corrected chi connectivity index (χ3v) is 4.16. The second-order valence-electron chi connectivity index (χ2n) is 5.64. The summed E-state index contributed by atoms with van der Waals surface area (Å²) in [7, 11) is 0. The molecule has 0 radical (unpaired) electrons. The van der Waals surface area contributed by atoms with Crippen LogP contribution in [0.5, 0.6) is 0 Å². The van der Waals surface area contributed by atoms with Crippen LogP contribution in [0.15, 0.2) is 18.2 Å². The average molecular weight is 267 g/mol. The monoisotopic (exact) mass is 266 g/mol. The molecule has 4 heteroatoms. The van der Waals surface area contributed by atoms with Gasteiger partial charge in [-0.2, -0.15) is 0 Å². The van der Waals surface area contributed by atoms with Crippen LogP contribution >= 0.6 is 11.6 Å². The molecule has 1 amide bonds. The molecule has 3 nitrogen and oxygen atoms in total. The fourth-order valence-corrected chi connectivity index (χ4v) is 2.64. The quantitative estimate of drug-likeness (QED) is 0.808. The highest BCUT2D eigenvalue weighted by atomic mass is 35.5. The number of amides is 1. The zero-order valence-electron chi connectivity index (χ0n) is 10.8. The number of nitrogen functional groups attached to an aromatic ring is 1. The molecule has 1 saturated carbocycles. The second kappa shape index (κ2) is 4.81. The summed E-state index contributed by atoms with van der Waals surface area (Å²) in [4.78, 5) is 12.1. The van der Waals surface area contributed by atoms with Gasteiger partial charge in [-0.3, -0.25) is 4.79 Å². The van der Waals surface area contributed by atoms with E-state index < -0.39 is 0 Å². The number of hydrogen-bond donors (Lipinski definition) is 2. The topological polar surface area (TPSA) is 55.1 Å². The maximum absolute atomic E-state index is 12.1. The van der Waals surface area contributed by atoms with Crippen molar-refractivity contribution in [3.05, 3.63) is 28.8 Å². The Morgan fingerprint density at radius 2 is 2.22 bits per heavy atom. The average Bonchev–Trinajstić information content (AvgIpc) is 2.62. The molecule has 1 aliphatic carbocycles. The smallest absolute Gasteiger partial charge is 0.251 e. The fraction of sp³-hybridized carbons (Fsp3) is 0.500. The van der Waals surface area contributed by atoms with Gasteiger partial charge in [0.25, 0.3) is 5.91 Å². The molecule has 98 valence electrons. The van der Waals surface area contributed by atoms with E-state index in [9.17, 15) is 4.79 Å². The molecule has 0 heterocycles. The summed E-state index contributed by atoms with van der Waals surface area (Å²) in [5, 5.41) is 3.57. The van der Waals surface area contributed by atoms with Crippen LogP contribution in [-0.4, -0.2) is 11.9 Å². The summed E-state index contributed by atoms with van der Waals surface area (Å²) in [5.41, 5.74) is 6.89. The van der Waals surface area contributed by atoms with Gasteiger partial charge in [0, 0.05) is 11.6 Å². The number of nitrogens with two attached hydrogens (primary N) is 1. The van der Waals surface area contributed by atoms with Crippen LogP contribution in [0.2, 0.25) is 5.02 Å². The van der Waals surface area contributed by atoms with Gasteiger partial charge in [-0.15, -0.1) is 0 Å². The Kier molecular flexibility index (Phi) is 3.53. The molecule has 0 aliphatic heterocycles. The van der Waals surface area contributed by atoms with Crippen molar-refractivity contribution in [2.75, 3.05) is 5.73 Å². The van der Waals surface area contributed by atoms with Crippen LogP contribution in [0.3, 0.4) is 0 Å². The standard InChI is InChI=1S/C14H19ClN2O/c1-14(2)7-3-4-12(14)17-13(18)9-5-6-10(15)11(16)8-9/h5-6,8,12H,3-4,7,16H2,1-2H3,(H,17,18). The molecule has 0 bridgehead atoms. The number of nitrogens with one attached hydrogen (secondary N) is 1. The van der Waals surface area contributed by atoms with Gasteiger partial charge in [0.05, 0.1) is 10.7 Å². The fourth-order valence-electron chi connectivity index (χ4n) is 2.52. The van der Waals surface area contributed by atoms with Crippen molar-refractivity contribution < 1.29 is 4.79 Å². The summed E-state index contributed by atoms with van der Waals surface area (Å²) >= 11 is 5.84. The van der Waals surface area contributed by atoms with E-state index in [1.165, 1.54) is 6.42 Å². The lowest BCUT2D eigenvalue weighted by Gasteiger charge is -2.27. The van der Waals surface area contributed by atoms with E-state index in [-0.39, 0.29) is 17.4 Å². The lowest BCUT2D eigenvalue weighted by Crippen LogP contribution is -2.41. The Labute approximate surface area is 113 Å². The predicted molar refractivity (Wildman–Crippen MR) is 74.8 cm³/mol. The van der Waals surface area contributed by atoms with Crippen molar-refractivity contribution in [1.82, 2.24) is 5.32 Å². The van der Waals surface area contributed by atoms with E-state index in [1.807, 2.05) is 0 Å². The lowest BCUT2D eigenvalue weighted by molar-refractivity contribution is 0.0910. The summed E-state index contributed by atoms with van der Waals surface area (Å²) in [6.45, 7) is 4.39. The van der Waals surface area contributed by atoms with Crippen molar-refractivity contribution in [2.45, 2.75) is 39.2 Å². The van der Waals surface area contributed by atoms with Gasteiger partial charge in [0.1, 0.15) is 0 Å². The zero-order chi connectivity index (χ0) is 13.3. The lowest BCUT2D eigenvalue weighted by atomic mass is 9.87. The molecule has 0 saturated heterocycles. The molecule has 0 spiro atoms. The third-order valence-electron chi connectivity index (χ3n) is 3.82. The summed E-state index contributed by atoms with van der Waals surface area (Å²) in [6, 6.07) is 5.23. The third kappa shape index (κ3) is 2.61. The molecule has 1 atom stereocenters. The molecule has 1 unspecified atom stereocenters. The molecule has 18 heavy (non-hydrogen) atoms. The summed E-state index contributed by atoms with van der Waals surface area (Å²) < 4.78 is 0. The van der Waals surface area contributed by atoms with Gasteiger partial charge in [0.2, 0.25) is 0 Å². The number of anilines is 1. The number of rotatable bonds is 2. The van der Waals surface area contributed by atoms with E-state index in [2.05, 4.69) is 19.2 Å². The first kappa shape index (κ1) is 13.2. The molecule has 1 aliphatic rings. The molecule has 3 N–H and O–H groups in total. The highest BCUT2D eigenvalue weighted by molar-refractivity contribution is 6.33. The van der Waals surface area contributed by atoms with Crippen molar-refractivity contribution in [1.29, 1.82) is 0 Å². The zero-order valence-corrected chi connectivity index (χ0v) is 11.6. The van der Waals surface area contributed by atoms with Gasteiger partial charge >= 0.3 is 0 Å². The SMILES string of the molecule is CC1(C)CCCC1NC(=O)c1ccc(Cl)c(N)c1. The Morgan fingerprint density at radius 3 is 2.78 bits per heavy atom. The Hall–Kier alpha value is -1.22. The maximum Gasteiger partial charge on any atom is 0.251 e. The largest absolute Gasteiger partial charge is 0.398 e. The first-order valence-corrected chi connectivity index (χ1v) is 6.64. The van der Waals surface area contributed by atoms with Gasteiger partial charge in [-0.25, -0.2) is 0 Å². The van der Waals surface area contributed by atoms with Crippen LogP contribution in [-0.2, 0) is 0 Å². The highest BCUT2D eigenvalue weighted by Crippen LogP contribution is 2.37. The maximum atomic E-state index is 12.1. The van der Waals surface area contributed by atoms with E-state index in [0.29, 0.717) is 16.3 Å². The molecule has 1 fully saturated rings. The molecule has 0 aromatic heterocycles. The number of benzene rings is 1. The Balaban J connectivity index is 2.10. The summed E-state index contributed by atoms with van der Waals surface area (Å²) in [5.74, 6) is -0.0710. The number of carbonyl (C=O) groups excluding carboxylic acids is 1. The number of halogens is 1. The summed E-state index contributed by atoms with van der Waals surface area (Å²) in [6.07, 6.45) is 3.36. The minimum Gasteiger partial charge on any atom is -0.398 e. The van der Waals surface area contributed by atoms with E-state index in [4.69, 9.17) is 17.3 Å². The van der Waals surface area contributed by atoms with Crippen molar-refractivity contribution in [3.63, 3.8) is 0 Å². The highest BCUT2D eigenvalue weighted by Gasteiger charge is 2.35. The minimum atomic E-state index is -0.0710.